The average molecular weight is 1470 g/mol. The van der Waals surface area contributed by atoms with Gasteiger partial charge >= 0.3 is 0 Å². The highest BCUT2D eigenvalue weighted by Gasteiger charge is 2.47. The van der Waals surface area contributed by atoms with E-state index in [1.54, 1.807) is 36.4 Å². The van der Waals surface area contributed by atoms with Crippen LogP contribution in [0.25, 0.3) is 33.4 Å². The normalized spacial score (nSPS) is 19.0. The summed E-state index contributed by atoms with van der Waals surface area (Å²) in [5.41, 5.74) is 21.2. The second kappa shape index (κ2) is 37.4. The summed E-state index contributed by atoms with van der Waals surface area (Å²) >= 11 is 0. The van der Waals surface area contributed by atoms with Gasteiger partial charge in [0.05, 0.1) is 11.1 Å². The molecule has 0 spiro atoms. The van der Waals surface area contributed by atoms with Crippen molar-refractivity contribution in [3.63, 3.8) is 0 Å². The zero-order chi connectivity index (χ0) is 79.2. The number of phenolic OH excluding ortho intramolecular Hbond substituents is 8. The Kier molecular flexibility index (Phi) is 29.3. The van der Waals surface area contributed by atoms with E-state index in [-0.39, 0.29) is 69.4 Å². The van der Waals surface area contributed by atoms with Crippen molar-refractivity contribution in [2.45, 2.75) is 269 Å². The first-order valence-electron chi connectivity index (χ1n) is 40.0. The van der Waals surface area contributed by atoms with Crippen LogP contribution in [-0.4, -0.2) is 52.1 Å². The van der Waals surface area contributed by atoms with Gasteiger partial charge in [0, 0.05) is 46.3 Å². The van der Waals surface area contributed by atoms with E-state index < -0.39 is 0 Å². The Morgan fingerprint density at radius 3 is 1.09 bits per heavy atom. The fraction of sp³-hybridized carbons (Fsp3) is 0.449. The number of fused-ring (bicyclic) bond motifs is 6. The first kappa shape index (κ1) is 84.6. The zero-order valence-electron chi connectivity index (χ0n) is 68.4. The Bertz CT molecular complexity index is 4380. The quantitative estimate of drug-likeness (QED) is 0.0287. The maximum Gasteiger partial charge on any atom is 0.127 e. The molecule has 3 aliphatic carbocycles. The minimum atomic E-state index is -0.177. The van der Waals surface area contributed by atoms with Crippen LogP contribution in [0.5, 0.6) is 57.5 Å². The molecule has 12 rings (SSSR count). The maximum absolute atomic E-state index is 10.7. The van der Waals surface area contributed by atoms with E-state index in [9.17, 15) is 40.9 Å². The number of unbranched alkanes of at least 4 members (excludes halogenated alkanes) is 5. The van der Waals surface area contributed by atoms with Crippen molar-refractivity contribution in [2.75, 3.05) is 0 Å². The van der Waals surface area contributed by atoms with Crippen molar-refractivity contribution >= 4 is 11.1 Å². The number of hydrogen-bond acceptors (Lipinski definition) is 10. The number of benzene rings is 7. The first-order valence-corrected chi connectivity index (χ1v) is 40.0. The molecule has 10 nitrogen and oxygen atoms in total. The SMILES string of the molecule is C=C(C)[C@@H]1CCC(C)=C[C@H]1c1c(O)cc(C)cc1O.C=C(C)c1ccc(C)cc1-c1c(O)cc(CCC)cc1O.C=C(C)c1ccc(C)cc1-c1c(O)cc(CCCCC)cc1O.CCCCCc1cc(O)c2c(c1)OC(C)(C)[C@@H]1CCC(C)=C[C@@H]21.CCCCc1cc(O)c2c(c1)OC(C)(C)[C@@H]1CCC(C)=C[C@@H]21. The van der Waals surface area contributed by atoms with E-state index in [0.717, 1.165) is 192 Å². The molecule has 0 aromatic heterocycles. The van der Waals surface area contributed by atoms with Crippen LogP contribution >= 0.6 is 0 Å². The van der Waals surface area contributed by atoms with Gasteiger partial charge in [-0.2, -0.15) is 0 Å². The number of phenols is 8. The highest BCUT2D eigenvalue weighted by molar-refractivity contribution is 5.88. The molecule has 7 aromatic carbocycles. The molecule has 0 radical (unpaired) electrons. The van der Waals surface area contributed by atoms with Crippen LogP contribution < -0.4 is 9.47 Å². The van der Waals surface area contributed by atoms with Gasteiger partial charge in [0.1, 0.15) is 68.7 Å². The van der Waals surface area contributed by atoms with Crippen molar-refractivity contribution in [1.29, 1.82) is 0 Å². The molecule has 0 saturated heterocycles. The van der Waals surface area contributed by atoms with Gasteiger partial charge < -0.3 is 50.3 Å². The minimum absolute atomic E-state index is 0.0202. The van der Waals surface area contributed by atoms with Crippen molar-refractivity contribution < 1.29 is 50.3 Å². The summed E-state index contributed by atoms with van der Waals surface area (Å²) in [4.78, 5) is 0. The monoisotopic (exact) mass is 1460 g/mol. The molecule has 2 heterocycles. The molecule has 0 unspecified atom stereocenters. The number of aromatic hydroxyl groups is 8. The minimum Gasteiger partial charge on any atom is -0.507 e. The van der Waals surface area contributed by atoms with Crippen molar-refractivity contribution in [3.8, 4) is 79.7 Å². The topological polar surface area (TPSA) is 180 Å². The third kappa shape index (κ3) is 20.9. The maximum atomic E-state index is 10.7. The molecule has 0 bridgehead atoms. The van der Waals surface area contributed by atoms with E-state index in [2.05, 4.69) is 126 Å². The van der Waals surface area contributed by atoms with Gasteiger partial charge in [0.2, 0.25) is 0 Å². The van der Waals surface area contributed by atoms with E-state index in [4.69, 9.17) is 9.47 Å². The molecule has 6 atom stereocenters. The summed E-state index contributed by atoms with van der Waals surface area (Å²) in [5, 5.41) is 83.4. The number of aryl methyl sites for hydroxylation is 7. The largest absolute Gasteiger partial charge is 0.507 e. The van der Waals surface area contributed by atoms with Crippen molar-refractivity contribution in [2.24, 2.45) is 17.8 Å². The van der Waals surface area contributed by atoms with Gasteiger partial charge in [0.15, 0.2) is 0 Å². The first-order chi connectivity index (χ1) is 51.1. The van der Waals surface area contributed by atoms with Gasteiger partial charge in [-0.3, -0.25) is 0 Å². The molecule has 0 amide bonds. The van der Waals surface area contributed by atoms with Crippen LogP contribution in [0.2, 0.25) is 0 Å². The molecule has 0 fully saturated rings. The number of hydrogen-bond donors (Lipinski definition) is 8. The lowest BCUT2D eigenvalue weighted by Gasteiger charge is -2.46. The summed E-state index contributed by atoms with van der Waals surface area (Å²) in [7, 11) is 0. The summed E-state index contributed by atoms with van der Waals surface area (Å²) < 4.78 is 12.7. The number of ether oxygens (including phenoxy) is 2. The van der Waals surface area contributed by atoms with E-state index in [1.807, 2.05) is 90.1 Å². The van der Waals surface area contributed by atoms with Crippen LogP contribution in [-0.2, 0) is 25.7 Å². The second-order valence-corrected chi connectivity index (χ2v) is 33.0. The van der Waals surface area contributed by atoms with Gasteiger partial charge in [-0.1, -0.05) is 185 Å². The van der Waals surface area contributed by atoms with Crippen molar-refractivity contribution in [1.82, 2.24) is 0 Å². The van der Waals surface area contributed by atoms with Crippen molar-refractivity contribution in [3.05, 3.63) is 224 Å². The highest BCUT2D eigenvalue weighted by atomic mass is 16.5. The standard InChI is InChI=1S/C21H30O2.C21H26O2.C20H28O2.C19H22O2.C17H22O2/c1-5-6-7-8-15-12-18(22)20-16-11-14(2)9-10-17(16)21(3,4)23-19(20)13-15;1-5-6-7-8-16-12-19(22)21(20(23)13-16)18-11-15(4)9-10-17(18)14(2)3;1-5-6-7-14-11-17(21)19-15-10-13(2)8-9-16(15)20(3,4)22-18(19)12-14;1-5-6-14-10-17(20)19(18(21)11-14)16-9-13(4)7-8-15(16)12(2)3;1-10(2)13-6-5-11(3)7-14(13)17-15(18)8-12(4)9-16(17)19/h11-13,16-17,22H,5-10H2,1-4H3;9-13,22-23H,2,5-8H2,1,3-4H3;10-12,15-16,21H,5-9H2,1-4H3;7-11,20-21H,2,5-6H2,1,3-4H3;7-9,13-14,18-19H,1,5-6H2,2-4H3/t16-,17-;;15-,16-;;13-,14+/m1.1.0/s1. The fourth-order valence-electron chi connectivity index (χ4n) is 16.9. The lowest BCUT2D eigenvalue weighted by Crippen LogP contribution is -2.45. The Morgan fingerprint density at radius 2 is 0.722 bits per heavy atom. The van der Waals surface area contributed by atoms with Gasteiger partial charge in [-0.15, -0.1) is 0 Å². The molecule has 7 aromatic rings. The molecule has 10 heteroatoms. The van der Waals surface area contributed by atoms with Gasteiger partial charge in [-0.05, 0) is 290 Å². The average Bonchev–Trinajstić information content (AvgIpc) is 0.750. The molecule has 580 valence electrons. The van der Waals surface area contributed by atoms with Crippen LogP contribution in [0.3, 0.4) is 0 Å². The molecule has 108 heavy (non-hydrogen) atoms. The third-order valence-electron chi connectivity index (χ3n) is 22.7. The molecule has 0 saturated carbocycles. The van der Waals surface area contributed by atoms with E-state index in [1.165, 1.54) is 47.1 Å². The summed E-state index contributed by atoms with van der Waals surface area (Å²) in [6, 6.07) is 30.6. The molecule has 2 aliphatic heterocycles. The number of allylic oxidation sites excluding steroid dienone is 9. The van der Waals surface area contributed by atoms with Crippen LogP contribution in [0, 0.1) is 38.5 Å². The Hall–Kier alpha value is -9.02. The molecular weight excluding hydrogens is 1340 g/mol. The summed E-state index contributed by atoms with van der Waals surface area (Å²) in [6.07, 6.45) is 27.5. The van der Waals surface area contributed by atoms with Crippen LogP contribution in [0.4, 0.5) is 0 Å². The fourth-order valence-corrected chi connectivity index (χ4v) is 16.9. The zero-order valence-corrected chi connectivity index (χ0v) is 68.4. The predicted octanol–water partition coefficient (Wildman–Crippen LogP) is 26.4. The lowest BCUT2D eigenvalue weighted by molar-refractivity contribution is 0.0104. The molecule has 5 aliphatic rings. The highest BCUT2D eigenvalue weighted by Crippen LogP contribution is 2.56. The Morgan fingerprint density at radius 1 is 0.380 bits per heavy atom. The van der Waals surface area contributed by atoms with Crippen LogP contribution in [0.15, 0.2) is 157 Å². The van der Waals surface area contributed by atoms with Gasteiger partial charge in [-0.25, -0.2) is 0 Å². The Labute approximate surface area is 648 Å². The summed E-state index contributed by atoms with van der Waals surface area (Å²) in [6.45, 7) is 47.7. The van der Waals surface area contributed by atoms with Gasteiger partial charge in [0.25, 0.3) is 0 Å². The Balaban J connectivity index is 0.000000170. The smallest absolute Gasteiger partial charge is 0.127 e. The molecule has 8 N–H and O–H groups in total. The van der Waals surface area contributed by atoms with Crippen LogP contribution in [0.1, 0.15) is 278 Å². The number of rotatable bonds is 19. The lowest BCUT2D eigenvalue weighted by atomic mass is 9.68. The summed E-state index contributed by atoms with van der Waals surface area (Å²) in [5.74, 6) is 5.23. The van der Waals surface area contributed by atoms with E-state index in [0.29, 0.717) is 40.0 Å². The van der Waals surface area contributed by atoms with E-state index >= 15 is 0 Å². The second-order valence-electron chi connectivity index (χ2n) is 33.0. The predicted molar refractivity (Wildman–Crippen MR) is 451 cm³/mol. The third-order valence-corrected chi connectivity index (χ3v) is 22.7. The molecular formula is C98H128O10.